The van der Waals surface area contributed by atoms with Crippen LogP contribution < -0.4 is 5.32 Å². The first-order valence-electron chi connectivity index (χ1n) is 6.51. The summed E-state index contributed by atoms with van der Waals surface area (Å²) < 4.78 is 6.49. The molecule has 104 valence electrons. The minimum absolute atomic E-state index is 0.127. The van der Waals surface area contributed by atoms with E-state index in [0.717, 1.165) is 17.3 Å². The van der Waals surface area contributed by atoms with E-state index in [0.29, 0.717) is 29.8 Å². The quantitative estimate of drug-likeness (QED) is 0.824. The molecule has 0 heterocycles. The lowest BCUT2D eigenvalue weighted by Gasteiger charge is -2.11. The highest BCUT2D eigenvalue weighted by molar-refractivity contribution is 9.10. The van der Waals surface area contributed by atoms with E-state index in [1.165, 1.54) is 12.8 Å². The molecule has 0 unspecified atom stereocenters. The molecule has 1 fully saturated rings. The average molecular weight is 347 g/mol. The van der Waals surface area contributed by atoms with Crippen molar-refractivity contribution in [2.75, 3.05) is 13.2 Å². The lowest BCUT2D eigenvalue weighted by Crippen LogP contribution is -2.28. The summed E-state index contributed by atoms with van der Waals surface area (Å²) in [7, 11) is 0. The minimum Gasteiger partial charge on any atom is -0.376 e. The minimum atomic E-state index is -0.127. The molecule has 3 nitrogen and oxygen atoms in total. The molecule has 0 aliphatic heterocycles. The molecule has 19 heavy (non-hydrogen) atoms. The fourth-order valence-electron chi connectivity index (χ4n) is 2.23. The third-order valence-electron chi connectivity index (χ3n) is 3.17. The zero-order chi connectivity index (χ0) is 13.7. The van der Waals surface area contributed by atoms with E-state index in [9.17, 15) is 4.79 Å². The molecule has 0 radical (unpaired) electrons. The van der Waals surface area contributed by atoms with Gasteiger partial charge in [0.05, 0.1) is 12.7 Å². The van der Waals surface area contributed by atoms with Crippen molar-refractivity contribution in [1.82, 2.24) is 5.32 Å². The molecule has 1 saturated carbocycles. The van der Waals surface area contributed by atoms with Crippen molar-refractivity contribution in [3.8, 4) is 0 Å². The Labute approximate surface area is 126 Å². The molecule has 1 aliphatic rings. The van der Waals surface area contributed by atoms with Crippen molar-refractivity contribution in [3.63, 3.8) is 0 Å². The van der Waals surface area contributed by atoms with Gasteiger partial charge in [-0.3, -0.25) is 4.79 Å². The van der Waals surface area contributed by atoms with Crippen LogP contribution in [0.3, 0.4) is 0 Å². The van der Waals surface area contributed by atoms with Crippen LogP contribution in [0.4, 0.5) is 0 Å². The van der Waals surface area contributed by atoms with Crippen LogP contribution in [0.25, 0.3) is 0 Å². The number of ether oxygens (including phenoxy) is 1. The first kappa shape index (κ1) is 14.8. The number of hydrogen-bond acceptors (Lipinski definition) is 2. The van der Waals surface area contributed by atoms with Crippen molar-refractivity contribution < 1.29 is 9.53 Å². The molecule has 1 aromatic carbocycles. The molecule has 0 saturated heterocycles. The van der Waals surface area contributed by atoms with Crippen LogP contribution in [-0.4, -0.2) is 25.2 Å². The summed E-state index contributed by atoms with van der Waals surface area (Å²) >= 11 is 9.23. The fraction of sp³-hybridized carbons (Fsp3) is 0.500. The summed E-state index contributed by atoms with van der Waals surface area (Å²) in [5, 5.41) is 3.38. The van der Waals surface area contributed by atoms with Gasteiger partial charge in [-0.1, -0.05) is 40.4 Å². The number of rotatable bonds is 5. The van der Waals surface area contributed by atoms with Gasteiger partial charge in [-0.15, -0.1) is 0 Å². The van der Waals surface area contributed by atoms with Crippen LogP contribution in [0.1, 0.15) is 36.0 Å². The third kappa shape index (κ3) is 4.79. The standard InChI is InChI=1S/C14H17BrClNO2/c15-11-7-10(8-12(16)9-11)14(18)17-5-6-19-13-3-1-2-4-13/h7-9,13H,1-6H2,(H,17,18). The van der Waals surface area contributed by atoms with Crippen molar-refractivity contribution in [2.24, 2.45) is 0 Å². The van der Waals surface area contributed by atoms with E-state index >= 15 is 0 Å². The van der Waals surface area contributed by atoms with Gasteiger partial charge in [-0.25, -0.2) is 0 Å². The Balaban J connectivity index is 1.74. The lowest BCUT2D eigenvalue weighted by atomic mass is 10.2. The van der Waals surface area contributed by atoms with Crippen LogP contribution in [0.15, 0.2) is 22.7 Å². The van der Waals surface area contributed by atoms with Crippen molar-refractivity contribution in [2.45, 2.75) is 31.8 Å². The van der Waals surface area contributed by atoms with Crippen LogP contribution >= 0.6 is 27.5 Å². The summed E-state index contributed by atoms with van der Waals surface area (Å²) in [5.74, 6) is -0.127. The SMILES string of the molecule is O=C(NCCOC1CCCC1)c1cc(Cl)cc(Br)c1. The highest BCUT2D eigenvalue weighted by atomic mass is 79.9. The summed E-state index contributed by atoms with van der Waals surface area (Å²) in [6, 6.07) is 5.15. The van der Waals surface area contributed by atoms with E-state index < -0.39 is 0 Å². The molecular weight excluding hydrogens is 330 g/mol. The first-order valence-corrected chi connectivity index (χ1v) is 7.68. The van der Waals surface area contributed by atoms with Gasteiger partial charge in [0.15, 0.2) is 0 Å². The summed E-state index contributed by atoms with van der Waals surface area (Å²) in [5.41, 5.74) is 0.556. The number of benzene rings is 1. The molecule has 0 spiro atoms. The van der Waals surface area contributed by atoms with Crippen molar-refractivity contribution in [3.05, 3.63) is 33.3 Å². The molecular formula is C14H17BrClNO2. The molecule has 0 bridgehead atoms. The normalized spacial score (nSPS) is 15.7. The van der Waals surface area contributed by atoms with Gasteiger partial charge in [0.1, 0.15) is 0 Å². The molecule has 1 amide bonds. The Morgan fingerprint density at radius 3 is 2.79 bits per heavy atom. The molecule has 2 rings (SSSR count). The molecule has 5 heteroatoms. The van der Waals surface area contributed by atoms with E-state index in [2.05, 4.69) is 21.2 Å². The largest absolute Gasteiger partial charge is 0.376 e. The smallest absolute Gasteiger partial charge is 0.251 e. The Bertz CT molecular complexity index is 427. The second kappa shape index (κ2) is 7.27. The second-order valence-electron chi connectivity index (χ2n) is 4.69. The Morgan fingerprint density at radius 1 is 1.37 bits per heavy atom. The number of amides is 1. The molecule has 1 aliphatic carbocycles. The topological polar surface area (TPSA) is 38.3 Å². The van der Waals surface area contributed by atoms with Gasteiger partial charge in [0.2, 0.25) is 0 Å². The average Bonchev–Trinajstić information content (AvgIpc) is 2.86. The molecule has 1 N–H and O–H groups in total. The molecule has 0 aromatic heterocycles. The van der Waals surface area contributed by atoms with Gasteiger partial charge in [-0.2, -0.15) is 0 Å². The Hall–Kier alpha value is -0.580. The van der Waals surface area contributed by atoms with Crippen LogP contribution in [-0.2, 0) is 4.74 Å². The lowest BCUT2D eigenvalue weighted by molar-refractivity contribution is 0.0582. The first-order chi connectivity index (χ1) is 9.15. The van der Waals surface area contributed by atoms with Crippen LogP contribution in [0, 0.1) is 0 Å². The Morgan fingerprint density at radius 2 is 2.11 bits per heavy atom. The fourth-order valence-corrected chi connectivity index (χ4v) is 3.09. The van der Waals surface area contributed by atoms with Crippen molar-refractivity contribution in [1.29, 1.82) is 0 Å². The maximum atomic E-state index is 11.9. The highest BCUT2D eigenvalue weighted by Crippen LogP contribution is 2.21. The van der Waals surface area contributed by atoms with Gasteiger partial charge in [-0.05, 0) is 31.0 Å². The van der Waals surface area contributed by atoms with Crippen LogP contribution in [0.2, 0.25) is 5.02 Å². The van der Waals surface area contributed by atoms with Gasteiger partial charge >= 0.3 is 0 Å². The summed E-state index contributed by atoms with van der Waals surface area (Å²) in [6.07, 6.45) is 5.20. The van der Waals surface area contributed by atoms with Crippen molar-refractivity contribution >= 4 is 33.4 Å². The van der Waals surface area contributed by atoms with Gasteiger partial charge in [0.25, 0.3) is 5.91 Å². The zero-order valence-corrected chi connectivity index (χ0v) is 13.0. The number of carbonyl (C=O) groups excluding carboxylic acids is 1. The number of hydrogen-bond donors (Lipinski definition) is 1. The highest BCUT2D eigenvalue weighted by Gasteiger charge is 2.15. The van der Waals surface area contributed by atoms with Gasteiger partial charge < -0.3 is 10.1 Å². The molecule has 0 atom stereocenters. The van der Waals surface area contributed by atoms with E-state index in [4.69, 9.17) is 16.3 Å². The van der Waals surface area contributed by atoms with Gasteiger partial charge in [0, 0.05) is 21.6 Å². The third-order valence-corrected chi connectivity index (χ3v) is 3.84. The van der Waals surface area contributed by atoms with Crippen LogP contribution in [0.5, 0.6) is 0 Å². The Kier molecular flexibility index (Phi) is 5.67. The number of halogens is 2. The van der Waals surface area contributed by atoms with E-state index in [1.54, 1.807) is 18.2 Å². The summed E-state index contributed by atoms with van der Waals surface area (Å²) in [4.78, 5) is 11.9. The van der Waals surface area contributed by atoms with E-state index in [1.807, 2.05) is 0 Å². The molecule has 1 aromatic rings. The predicted octanol–water partition coefficient (Wildman–Crippen LogP) is 3.79. The monoisotopic (exact) mass is 345 g/mol. The predicted molar refractivity (Wildman–Crippen MR) is 79.7 cm³/mol. The maximum absolute atomic E-state index is 11.9. The summed E-state index contributed by atoms with van der Waals surface area (Å²) in [6.45, 7) is 1.09. The second-order valence-corrected chi connectivity index (χ2v) is 6.04. The maximum Gasteiger partial charge on any atom is 0.251 e. The zero-order valence-electron chi connectivity index (χ0n) is 10.6. The number of carbonyl (C=O) groups is 1. The number of nitrogens with one attached hydrogen (secondary N) is 1. The van der Waals surface area contributed by atoms with E-state index in [-0.39, 0.29) is 5.91 Å².